The van der Waals surface area contributed by atoms with Gasteiger partial charge in [-0.3, -0.25) is 19.7 Å². The van der Waals surface area contributed by atoms with Crippen molar-refractivity contribution in [3.63, 3.8) is 0 Å². The number of imide groups is 1. The van der Waals surface area contributed by atoms with E-state index in [0.29, 0.717) is 28.9 Å². The van der Waals surface area contributed by atoms with Gasteiger partial charge in [0.1, 0.15) is 0 Å². The fourth-order valence-electron chi connectivity index (χ4n) is 2.61. The van der Waals surface area contributed by atoms with Crippen LogP contribution in [0.2, 0.25) is 0 Å². The van der Waals surface area contributed by atoms with Gasteiger partial charge in [0.15, 0.2) is 0 Å². The molecular weight excluding hydrogens is 410 g/mol. The van der Waals surface area contributed by atoms with E-state index in [4.69, 9.17) is 0 Å². The van der Waals surface area contributed by atoms with E-state index in [1.165, 1.54) is 6.08 Å². The van der Waals surface area contributed by atoms with Crippen LogP contribution in [0.25, 0.3) is 5.57 Å². The molecule has 3 rings (SSSR count). The first-order valence-corrected chi connectivity index (χ1v) is 8.89. The van der Waals surface area contributed by atoms with Crippen molar-refractivity contribution in [2.75, 3.05) is 5.32 Å². The van der Waals surface area contributed by atoms with Gasteiger partial charge in [0.05, 0.1) is 5.57 Å². The highest BCUT2D eigenvalue weighted by Crippen LogP contribution is 2.26. The van der Waals surface area contributed by atoms with Crippen molar-refractivity contribution in [3.8, 4) is 0 Å². The molecule has 3 N–H and O–H groups in total. The van der Waals surface area contributed by atoms with Crippen molar-refractivity contribution >= 4 is 44.9 Å². The summed E-state index contributed by atoms with van der Waals surface area (Å²) in [6, 6.07) is 12.5. The zero-order valence-electron chi connectivity index (χ0n) is 14.2. The summed E-state index contributed by atoms with van der Waals surface area (Å²) in [5, 5.41) is 8.10. The van der Waals surface area contributed by atoms with E-state index in [9.17, 15) is 14.4 Å². The minimum absolute atomic E-state index is 0.270. The van der Waals surface area contributed by atoms with E-state index in [2.05, 4.69) is 38.5 Å². The maximum Gasteiger partial charge on any atom is 0.260 e. The van der Waals surface area contributed by atoms with Crippen LogP contribution in [0.1, 0.15) is 21.5 Å². The Morgan fingerprint density at radius 3 is 2.52 bits per heavy atom. The maximum atomic E-state index is 12.2. The van der Waals surface area contributed by atoms with Gasteiger partial charge in [-0.2, -0.15) is 0 Å². The molecule has 0 saturated heterocycles. The highest BCUT2D eigenvalue weighted by molar-refractivity contribution is 9.10. The molecule has 6 nitrogen and oxygen atoms in total. The molecule has 0 bridgehead atoms. The molecule has 7 heteroatoms. The lowest BCUT2D eigenvalue weighted by Crippen LogP contribution is -2.37. The standard InChI is InChI=1S/C20H16BrN3O3/c1-2-18(25)23-14-6-3-12(4-7-14)10-22-11-17-16-9-13(21)5-8-15(16)19(26)24-20(17)27/h2-9,11,22H,1,10H2,(H,23,25)(H,24,26,27). The Morgan fingerprint density at radius 1 is 1.07 bits per heavy atom. The van der Waals surface area contributed by atoms with Crippen LogP contribution < -0.4 is 16.0 Å². The Labute approximate surface area is 164 Å². The van der Waals surface area contributed by atoms with Gasteiger partial charge in [-0.1, -0.05) is 34.6 Å². The lowest BCUT2D eigenvalue weighted by Gasteiger charge is -2.18. The Morgan fingerprint density at radius 2 is 1.81 bits per heavy atom. The molecule has 0 unspecified atom stereocenters. The summed E-state index contributed by atoms with van der Waals surface area (Å²) in [4.78, 5) is 35.4. The third-order valence-electron chi connectivity index (χ3n) is 3.95. The van der Waals surface area contributed by atoms with Gasteiger partial charge in [-0.15, -0.1) is 0 Å². The van der Waals surface area contributed by atoms with Gasteiger partial charge in [0.2, 0.25) is 5.91 Å². The smallest absolute Gasteiger partial charge is 0.260 e. The van der Waals surface area contributed by atoms with Crippen molar-refractivity contribution in [2.45, 2.75) is 6.54 Å². The summed E-state index contributed by atoms with van der Waals surface area (Å²) >= 11 is 3.36. The van der Waals surface area contributed by atoms with E-state index < -0.39 is 11.8 Å². The van der Waals surface area contributed by atoms with Crippen LogP contribution in [0.4, 0.5) is 5.69 Å². The molecule has 0 fully saturated rings. The molecule has 2 aromatic rings. The number of anilines is 1. The first-order chi connectivity index (χ1) is 13.0. The van der Waals surface area contributed by atoms with Crippen molar-refractivity contribution in [3.05, 3.63) is 82.5 Å². The number of amides is 3. The predicted octanol–water partition coefficient (Wildman–Crippen LogP) is 2.97. The minimum atomic E-state index is -0.444. The highest BCUT2D eigenvalue weighted by atomic mass is 79.9. The SMILES string of the molecule is C=CC(=O)Nc1ccc(CNC=C2C(=O)NC(=O)c3ccc(Br)cc32)cc1. The molecule has 3 amide bonds. The van der Waals surface area contributed by atoms with Crippen molar-refractivity contribution in [1.82, 2.24) is 10.6 Å². The Hall–Kier alpha value is -3.19. The molecule has 27 heavy (non-hydrogen) atoms. The van der Waals surface area contributed by atoms with Crippen LogP contribution in [0.3, 0.4) is 0 Å². The monoisotopic (exact) mass is 425 g/mol. The fourth-order valence-corrected chi connectivity index (χ4v) is 2.97. The molecule has 0 aliphatic carbocycles. The number of carbonyl (C=O) groups is 3. The fraction of sp³-hybridized carbons (Fsp3) is 0.0500. The van der Waals surface area contributed by atoms with Crippen LogP contribution >= 0.6 is 15.9 Å². The number of rotatable bonds is 5. The van der Waals surface area contributed by atoms with Gasteiger partial charge in [0, 0.05) is 34.0 Å². The number of benzene rings is 2. The van der Waals surface area contributed by atoms with Gasteiger partial charge in [0.25, 0.3) is 11.8 Å². The average molecular weight is 426 g/mol. The van der Waals surface area contributed by atoms with E-state index in [-0.39, 0.29) is 5.91 Å². The number of carbonyl (C=O) groups excluding carboxylic acids is 3. The van der Waals surface area contributed by atoms with Gasteiger partial charge in [-0.05, 0) is 42.0 Å². The minimum Gasteiger partial charge on any atom is -0.386 e. The predicted molar refractivity (Wildman–Crippen MR) is 107 cm³/mol. The number of nitrogens with one attached hydrogen (secondary N) is 3. The Balaban J connectivity index is 1.73. The largest absolute Gasteiger partial charge is 0.386 e. The van der Waals surface area contributed by atoms with Crippen LogP contribution in [-0.2, 0) is 16.1 Å². The second-order valence-electron chi connectivity index (χ2n) is 5.80. The second kappa shape index (κ2) is 8.01. The van der Waals surface area contributed by atoms with Gasteiger partial charge >= 0.3 is 0 Å². The molecule has 136 valence electrons. The molecule has 0 spiro atoms. The Kier molecular flexibility index (Phi) is 5.52. The highest BCUT2D eigenvalue weighted by Gasteiger charge is 2.27. The van der Waals surface area contributed by atoms with Gasteiger partial charge < -0.3 is 10.6 Å². The van der Waals surface area contributed by atoms with Crippen LogP contribution in [-0.4, -0.2) is 17.7 Å². The van der Waals surface area contributed by atoms with Crippen LogP contribution in [0, 0.1) is 0 Å². The zero-order chi connectivity index (χ0) is 19.4. The molecule has 0 atom stereocenters. The summed E-state index contributed by atoms with van der Waals surface area (Å²) in [5.74, 6) is -1.12. The molecular formula is C20H16BrN3O3. The first-order valence-electron chi connectivity index (χ1n) is 8.09. The first kappa shape index (κ1) is 18.6. The third kappa shape index (κ3) is 4.32. The molecule has 2 aromatic carbocycles. The summed E-state index contributed by atoms with van der Waals surface area (Å²) in [7, 11) is 0. The summed E-state index contributed by atoms with van der Waals surface area (Å²) in [6.45, 7) is 3.88. The van der Waals surface area contributed by atoms with E-state index in [1.54, 1.807) is 36.5 Å². The maximum absolute atomic E-state index is 12.2. The number of hydrogen-bond donors (Lipinski definition) is 3. The van der Waals surface area contributed by atoms with Gasteiger partial charge in [-0.25, -0.2) is 0 Å². The lowest BCUT2D eigenvalue weighted by atomic mass is 9.95. The number of fused-ring (bicyclic) bond motifs is 1. The average Bonchev–Trinajstić information content (AvgIpc) is 2.65. The third-order valence-corrected chi connectivity index (χ3v) is 4.44. The normalized spacial score (nSPS) is 14.3. The molecule has 1 aliphatic heterocycles. The molecule has 1 aliphatic rings. The molecule has 0 aromatic heterocycles. The van der Waals surface area contributed by atoms with E-state index in [0.717, 1.165) is 10.0 Å². The van der Waals surface area contributed by atoms with Crippen molar-refractivity contribution < 1.29 is 14.4 Å². The van der Waals surface area contributed by atoms with E-state index >= 15 is 0 Å². The van der Waals surface area contributed by atoms with E-state index in [1.807, 2.05) is 12.1 Å². The zero-order valence-corrected chi connectivity index (χ0v) is 15.8. The second-order valence-corrected chi connectivity index (χ2v) is 6.72. The number of halogens is 1. The molecule has 1 heterocycles. The summed E-state index contributed by atoms with van der Waals surface area (Å²) < 4.78 is 0.784. The van der Waals surface area contributed by atoms with Crippen molar-refractivity contribution in [1.29, 1.82) is 0 Å². The number of hydrogen-bond acceptors (Lipinski definition) is 4. The van der Waals surface area contributed by atoms with Crippen molar-refractivity contribution in [2.24, 2.45) is 0 Å². The lowest BCUT2D eigenvalue weighted by molar-refractivity contribution is -0.115. The van der Waals surface area contributed by atoms with Crippen LogP contribution in [0.5, 0.6) is 0 Å². The molecule has 0 saturated carbocycles. The summed E-state index contributed by atoms with van der Waals surface area (Å²) in [5.41, 5.74) is 3.05. The van der Waals surface area contributed by atoms with Crippen LogP contribution in [0.15, 0.2) is 65.8 Å². The quantitative estimate of drug-likeness (QED) is 0.507. The topological polar surface area (TPSA) is 87.3 Å². The molecule has 0 radical (unpaired) electrons. The summed E-state index contributed by atoms with van der Waals surface area (Å²) in [6.07, 6.45) is 2.80. The Bertz CT molecular complexity index is 965.